The first kappa shape index (κ1) is 18.3. The Hall–Kier alpha value is -1.77. The van der Waals surface area contributed by atoms with Gasteiger partial charge in [0.1, 0.15) is 11.5 Å². The van der Waals surface area contributed by atoms with Crippen LogP contribution in [0.5, 0.6) is 0 Å². The first-order valence-corrected chi connectivity index (χ1v) is 6.07. The molecule has 1 amide bonds. The molecule has 3 rings (SSSR count). The Bertz CT molecular complexity index is 693. The number of nitrogens with one attached hydrogen (secondary N) is 1. The van der Waals surface area contributed by atoms with E-state index in [2.05, 4.69) is 16.5 Å². The van der Waals surface area contributed by atoms with Crippen LogP contribution >= 0.6 is 0 Å². The van der Waals surface area contributed by atoms with Crippen molar-refractivity contribution in [3.8, 4) is 11.3 Å². The predicted octanol–water partition coefficient (Wildman–Crippen LogP) is 3.12. The molecule has 0 aliphatic rings. The van der Waals surface area contributed by atoms with Gasteiger partial charge >= 0.3 is 31.1 Å². The quantitative estimate of drug-likeness (QED) is 0.538. The average molecular weight is 520 g/mol. The molecular formula is C16H14N2O3U. The van der Waals surface area contributed by atoms with E-state index in [0.717, 1.165) is 5.56 Å². The van der Waals surface area contributed by atoms with Crippen molar-refractivity contribution in [2.45, 2.75) is 6.54 Å². The summed E-state index contributed by atoms with van der Waals surface area (Å²) in [4.78, 5) is 11.9. The van der Waals surface area contributed by atoms with Crippen molar-refractivity contribution in [2.24, 2.45) is 0 Å². The number of aromatic nitrogens is 1. The Balaban J connectivity index is 0.00000121. The van der Waals surface area contributed by atoms with Crippen LogP contribution in [0.25, 0.3) is 11.3 Å². The number of amides is 1. The van der Waals surface area contributed by atoms with Crippen LogP contribution in [0.15, 0.2) is 57.7 Å². The third-order valence-electron chi connectivity index (χ3n) is 2.75. The zero-order chi connectivity index (χ0) is 13.8. The minimum atomic E-state index is -0.307. The van der Waals surface area contributed by atoms with Gasteiger partial charge in [-0.15, -0.1) is 0 Å². The van der Waals surface area contributed by atoms with Crippen molar-refractivity contribution in [2.75, 3.05) is 0 Å². The normalized spacial score (nSPS) is 9.45. The Kier molecular flexibility index (Phi) is 7.16. The Morgan fingerprint density at radius 2 is 2.05 bits per heavy atom. The summed E-state index contributed by atoms with van der Waals surface area (Å²) in [6.45, 7) is 0.314. The molecule has 22 heavy (non-hydrogen) atoms. The summed E-state index contributed by atoms with van der Waals surface area (Å²) < 4.78 is 10.3. The topological polar surface area (TPSA) is 68.3 Å². The predicted molar refractivity (Wildman–Crippen MR) is 77.1 cm³/mol. The fourth-order valence-electron chi connectivity index (χ4n) is 1.74. The molecule has 2 heterocycles. The average Bonchev–Trinajstić information content (AvgIpc) is 3.17. The van der Waals surface area contributed by atoms with Crippen LogP contribution in [0, 0.1) is 44.6 Å². The van der Waals surface area contributed by atoms with E-state index >= 15 is 0 Å². The van der Waals surface area contributed by atoms with Crippen molar-refractivity contribution >= 4 is 5.91 Å². The van der Waals surface area contributed by atoms with Gasteiger partial charge in [0.15, 0.2) is 5.69 Å². The summed E-state index contributed by atoms with van der Waals surface area (Å²) in [6.07, 6.45) is 1.56. The van der Waals surface area contributed by atoms with Crippen LogP contribution in [0.2, 0.25) is 0 Å². The summed E-state index contributed by atoms with van der Waals surface area (Å²) in [6, 6.07) is 15.3. The number of carbonyl (C=O) groups is 1. The number of carbonyl (C=O) groups excluding carboxylic acids is 1. The number of hydrogen-bond acceptors (Lipinski definition) is 4. The van der Waals surface area contributed by atoms with E-state index < -0.39 is 0 Å². The molecule has 0 aliphatic carbocycles. The molecule has 6 heteroatoms. The molecule has 0 saturated carbocycles. The first-order valence-electron chi connectivity index (χ1n) is 6.07. The van der Waals surface area contributed by atoms with Crippen molar-refractivity contribution in [1.29, 1.82) is 0 Å². The van der Waals surface area contributed by atoms with Gasteiger partial charge in [-0.1, -0.05) is 10.7 Å². The zero-order valence-electron chi connectivity index (χ0n) is 12.0. The molecule has 0 aliphatic heterocycles. The Labute approximate surface area is 152 Å². The summed E-state index contributed by atoms with van der Waals surface area (Å²) in [5.74, 6) is 0.918. The summed E-state index contributed by atoms with van der Waals surface area (Å²) in [7, 11) is 0. The molecule has 3 aromatic rings. The van der Waals surface area contributed by atoms with Gasteiger partial charge in [0.05, 0.1) is 12.8 Å². The second-order valence-corrected chi connectivity index (χ2v) is 4.13. The van der Waals surface area contributed by atoms with Gasteiger partial charge in [0, 0.05) is 6.07 Å². The minimum Gasteiger partial charge on any atom is -0.467 e. The van der Waals surface area contributed by atoms with Crippen LogP contribution in [0.3, 0.4) is 0 Å². The smallest absolute Gasteiger partial charge is 0.467 e. The molecule has 0 fully saturated rings. The third kappa shape index (κ3) is 4.36. The first-order chi connectivity index (χ1) is 9.83. The van der Waals surface area contributed by atoms with E-state index in [4.69, 9.17) is 8.94 Å². The van der Waals surface area contributed by atoms with Gasteiger partial charge in [-0.05, 0) is 12.1 Å². The van der Waals surface area contributed by atoms with Gasteiger partial charge in [-0.25, -0.2) is 0 Å². The van der Waals surface area contributed by atoms with Gasteiger partial charge in [0.25, 0.3) is 5.91 Å². The summed E-state index contributed by atoms with van der Waals surface area (Å²) in [5, 5.41) is 6.47. The maximum Gasteiger partial charge on any atom is 2.00 e. The number of benzene rings is 1. The second kappa shape index (κ2) is 8.62. The second-order valence-electron chi connectivity index (χ2n) is 4.13. The van der Waals surface area contributed by atoms with E-state index in [1.165, 1.54) is 0 Å². The Morgan fingerprint density at radius 1 is 1.27 bits per heavy atom. The van der Waals surface area contributed by atoms with Crippen LogP contribution < -0.4 is 5.32 Å². The van der Waals surface area contributed by atoms with Crippen LogP contribution in [0.4, 0.5) is 0 Å². The Morgan fingerprint density at radius 3 is 2.73 bits per heavy atom. The van der Waals surface area contributed by atoms with Crippen molar-refractivity contribution in [1.82, 2.24) is 10.5 Å². The number of nitrogens with zero attached hydrogens (tertiary/aromatic N) is 1. The van der Waals surface area contributed by atoms with Crippen molar-refractivity contribution in [3.63, 3.8) is 0 Å². The molecule has 5 nitrogen and oxygen atoms in total. The van der Waals surface area contributed by atoms with Crippen LogP contribution in [0.1, 0.15) is 16.2 Å². The third-order valence-corrected chi connectivity index (χ3v) is 2.75. The van der Waals surface area contributed by atoms with Gasteiger partial charge in [-0.3, -0.25) is 4.79 Å². The summed E-state index contributed by atoms with van der Waals surface area (Å²) in [5.41, 5.74) is 1.08. The molecule has 0 saturated heterocycles. The number of furan rings is 1. The van der Waals surface area contributed by atoms with Crippen LogP contribution in [-0.2, 0) is 6.54 Å². The molecule has 0 atom stereocenters. The maximum atomic E-state index is 11.9. The van der Waals surface area contributed by atoms with Crippen molar-refractivity contribution < 1.29 is 44.8 Å². The van der Waals surface area contributed by atoms with E-state index in [1.807, 2.05) is 12.1 Å². The molecule has 0 bridgehead atoms. The molecule has 0 radical (unpaired) electrons. The monoisotopic (exact) mass is 520 g/mol. The largest absolute Gasteiger partial charge is 2.00 e. The molecule has 0 spiro atoms. The number of hydrogen-bond donors (Lipinski definition) is 1. The molecule has 1 N–H and O–H groups in total. The molecule has 0 unspecified atom stereocenters. The molecule has 110 valence electrons. The van der Waals surface area contributed by atoms with E-state index in [9.17, 15) is 4.79 Å². The fraction of sp³-hybridized carbons (Fsp3) is 0.0625. The van der Waals surface area contributed by atoms with Crippen LogP contribution in [-0.4, -0.2) is 11.1 Å². The van der Waals surface area contributed by atoms with Gasteiger partial charge in [0.2, 0.25) is 0 Å². The van der Waals surface area contributed by atoms with E-state index in [-0.39, 0.29) is 50.1 Å². The van der Waals surface area contributed by atoms with Crippen molar-refractivity contribution in [3.05, 3.63) is 73.7 Å². The summed E-state index contributed by atoms with van der Waals surface area (Å²) >= 11 is 0. The molecule has 1 aromatic carbocycles. The van der Waals surface area contributed by atoms with E-state index in [0.29, 0.717) is 18.1 Å². The SMILES string of the molecule is O=C(NCc1ccco1)c1cc(-c2cc[c-]cc2)on1.[CH3-].[U+2]. The zero-order valence-corrected chi connectivity index (χ0v) is 16.2. The molecular weight excluding hydrogens is 506 g/mol. The maximum absolute atomic E-state index is 11.9. The molecule has 2 aromatic heterocycles. The van der Waals surface area contributed by atoms with Gasteiger partial charge in [-0.2, -0.15) is 30.3 Å². The van der Waals surface area contributed by atoms with E-state index in [1.54, 1.807) is 36.6 Å². The standard InChI is InChI=1S/C15H11N2O3.CH3.U/c18-15(16-10-12-7-4-8-19-12)13-9-14(20-17-13)11-5-2-1-3-6-11;;/h2-9H,10H2,(H,16,18);1H3;/q2*-1;+2. The van der Waals surface area contributed by atoms with Gasteiger partial charge < -0.3 is 21.7 Å². The minimum absolute atomic E-state index is 0. The number of rotatable bonds is 4. The fourth-order valence-corrected chi connectivity index (χ4v) is 1.74.